The first-order valence-electron chi connectivity index (χ1n) is 9.72. The molecule has 0 spiro atoms. The zero-order valence-electron chi connectivity index (χ0n) is 17.2. The second kappa shape index (κ2) is 10.9. The normalized spacial score (nSPS) is 15.0. The van der Waals surface area contributed by atoms with E-state index in [-0.39, 0.29) is 5.60 Å². The third kappa shape index (κ3) is 7.36. The smallest absolute Gasteiger partial charge is 0.293 e. The van der Waals surface area contributed by atoms with E-state index in [1.807, 2.05) is 32.9 Å². The standard InChI is InChI=1S/C15H21N5O.C5H10O2/c1-2-20(13-5-9-17-10-6-13)11-14-18-15(19-21-14)12-3-7-16-8-4-12;1-5(2,3)7-4-6/h3-4,7-8,13,17H,2,5-6,9-11H2,1H3;4H,1-3H3. The maximum Gasteiger partial charge on any atom is 0.293 e. The average Bonchev–Trinajstić information content (AvgIpc) is 3.16. The summed E-state index contributed by atoms with van der Waals surface area (Å²) in [6.07, 6.45) is 5.83. The van der Waals surface area contributed by atoms with Crippen LogP contribution in [-0.4, -0.2) is 57.8 Å². The molecule has 0 atom stereocenters. The van der Waals surface area contributed by atoms with Gasteiger partial charge in [0, 0.05) is 24.0 Å². The van der Waals surface area contributed by atoms with E-state index in [0.29, 0.717) is 24.2 Å². The Morgan fingerprint density at radius 1 is 1.29 bits per heavy atom. The lowest BCUT2D eigenvalue weighted by molar-refractivity contribution is -0.138. The van der Waals surface area contributed by atoms with Gasteiger partial charge in [-0.2, -0.15) is 4.98 Å². The molecule has 1 aliphatic heterocycles. The number of ether oxygens (including phenoxy) is 1. The van der Waals surface area contributed by atoms with Crippen molar-refractivity contribution in [1.29, 1.82) is 0 Å². The minimum atomic E-state index is -0.318. The van der Waals surface area contributed by atoms with Gasteiger partial charge < -0.3 is 14.6 Å². The highest BCUT2D eigenvalue weighted by Crippen LogP contribution is 2.18. The number of hydrogen-bond donors (Lipinski definition) is 1. The molecule has 1 saturated heterocycles. The van der Waals surface area contributed by atoms with Crippen LogP contribution in [0.25, 0.3) is 11.4 Å². The summed E-state index contributed by atoms with van der Waals surface area (Å²) < 4.78 is 9.95. The molecule has 28 heavy (non-hydrogen) atoms. The Balaban J connectivity index is 0.000000345. The Kier molecular flexibility index (Phi) is 8.53. The lowest BCUT2D eigenvalue weighted by atomic mass is 10.0. The van der Waals surface area contributed by atoms with Gasteiger partial charge in [-0.05, 0) is 65.4 Å². The zero-order valence-corrected chi connectivity index (χ0v) is 17.2. The first-order chi connectivity index (χ1) is 13.4. The summed E-state index contributed by atoms with van der Waals surface area (Å²) in [5.41, 5.74) is 0.617. The Hall–Kier alpha value is -2.32. The van der Waals surface area contributed by atoms with Gasteiger partial charge in [0.2, 0.25) is 11.7 Å². The van der Waals surface area contributed by atoms with E-state index in [9.17, 15) is 4.79 Å². The molecule has 154 valence electrons. The maximum absolute atomic E-state index is 9.60. The molecule has 0 radical (unpaired) electrons. The maximum atomic E-state index is 9.60. The van der Waals surface area contributed by atoms with Crippen molar-refractivity contribution in [1.82, 2.24) is 25.3 Å². The van der Waals surface area contributed by atoms with Crippen LogP contribution in [-0.2, 0) is 16.1 Å². The first-order valence-corrected chi connectivity index (χ1v) is 9.72. The van der Waals surface area contributed by atoms with Crippen LogP contribution in [0.5, 0.6) is 0 Å². The number of carbonyl (C=O) groups excluding carboxylic acids is 1. The predicted molar refractivity (Wildman–Crippen MR) is 106 cm³/mol. The highest BCUT2D eigenvalue weighted by atomic mass is 16.5. The summed E-state index contributed by atoms with van der Waals surface area (Å²) in [4.78, 5) is 20.5. The summed E-state index contributed by atoms with van der Waals surface area (Å²) in [6, 6.07) is 4.38. The Morgan fingerprint density at radius 3 is 2.50 bits per heavy atom. The number of hydrogen-bond acceptors (Lipinski definition) is 8. The van der Waals surface area contributed by atoms with Crippen LogP contribution in [0.1, 0.15) is 46.4 Å². The lowest BCUT2D eigenvalue weighted by Crippen LogP contribution is -2.42. The summed E-state index contributed by atoms with van der Waals surface area (Å²) >= 11 is 0. The molecule has 0 amide bonds. The van der Waals surface area contributed by atoms with Crippen molar-refractivity contribution in [3.05, 3.63) is 30.4 Å². The fraction of sp³-hybridized carbons (Fsp3) is 0.600. The number of aromatic nitrogens is 3. The molecule has 3 heterocycles. The lowest BCUT2D eigenvalue weighted by Gasteiger charge is -2.32. The summed E-state index contributed by atoms with van der Waals surface area (Å²) in [5.74, 6) is 1.32. The van der Waals surface area contributed by atoms with Crippen molar-refractivity contribution in [2.75, 3.05) is 19.6 Å². The number of nitrogens with one attached hydrogen (secondary N) is 1. The van der Waals surface area contributed by atoms with E-state index >= 15 is 0 Å². The van der Waals surface area contributed by atoms with Crippen molar-refractivity contribution in [3.8, 4) is 11.4 Å². The van der Waals surface area contributed by atoms with Gasteiger partial charge in [0.05, 0.1) is 6.54 Å². The topological polar surface area (TPSA) is 93.4 Å². The number of rotatable bonds is 6. The van der Waals surface area contributed by atoms with Gasteiger partial charge in [0.15, 0.2) is 0 Å². The van der Waals surface area contributed by atoms with E-state index in [1.165, 1.54) is 12.8 Å². The van der Waals surface area contributed by atoms with Gasteiger partial charge in [-0.3, -0.25) is 14.7 Å². The summed E-state index contributed by atoms with van der Waals surface area (Å²) in [6.45, 7) is 12.0. The molecule has 0 saturated carbocycles. The Morgan fingerprint density at radius 2 is 1.96 bits per heavy atom. The monoisotopic (exact) mass is 389 g/mol. The third-order valence-corrected chi connectivity index (χ3v) is 4.38. The van der Waals surface area contributed by atoms with Gasteiger partial charge >= 0.3 is 0 Å². The quantitative estimate of drug-likeness (QED) is 0.754. The SMILES string of the molecule is CC(C)(C)OC=O.CCN(Cc1nc(-c2ccncc2)no1)C1CCNCC1. The molecule has 3 rings (SSSR count). The van der Waals surface area contributed by atoms with Crippen LogP contribution >= 0.6 is 0 Å². The molecule has 8 nitrogen and oxygen atoms in total. The molecular weight excluding hydrogens is 358 g/mol. The minimum Gasteiger partial charge on any atom is -0.462 e. The third-order valence-electron chi connectivity index (χ3n) is 4.38. The van der Waals surface area contributed by atoms with Gasteiger partial charge in [-0.1, -0.05) is 12.1 Å². The molecule has 1 aliphatic rings. The Labute approximate surface area is 166 Å². The molecule has 2 aromatic heterocycles. The first kappa shape index (κ1) is 22.0. The van der Waals surface area contributed by atoms with Crippen LogP contribution in [0.3, 0.4) is 0 Å². The van der Waals surface area contributed by atoms with Crippen molar-refractivity contribution < 1.29 is 14.1 Å². The zero-order chi connectivity index (χ0) is 20.4. The molecule has 0 aliphatic carbocycles. The summed E-state index contributed by atoms with van der Waals surface area (Å²) in [7, 11) is 0. The van der Waals surface area contributed by atoms with Crippen molar-refractivity contribution >= 4 is 6.47 Å². The van der Waals surface area contributed by atoms with Crippen molar-refractivity contribution in [2.45, 2.75) is 58.7 Å². The Bertz CT molecular complexity index is 693. The molecular formula is C20H31N5O3. The van der Waals surface area contributed by atoms with E-state index in [1.54, 1.807) is 12.4 Å². The second-order valence-electron chi connectivity index (χ2n) is 7.62. The molecule has 1 N–H and O–H groups in total. The minimum absolute atomic E-state index is 0.318. The average molecular weight is 390 g/mol. The number of pyridine rings is 1. The molecule has 2 aromatic rings. The van der Waals surface area contributed by atoms with Gasteiger partial charge in [-0.25, -0.2) is 0 Å². The van der Waals surface area contributed by atoms with E-state index in [4.69, 9.17) is 4.52 Å². The van der Waals surface area contributed by atoms with Gasteiger partial charge in [0.25, 0.3) is 6.47 Å². The largest absolute Gasteiger partial charge is 0.462 e. The van der Waals surface area contributed by atoms with Crippen molar-refractivity contribution in [3.63, 3.8) is 0 Å². The van der Waals surface area contributed by atoms with E-state index < -0.39 is 0 Å². The number of nitrogens with zero attached hydrogens (tertiary/aromatic N) is 4. The van der Waals surface area contributed by atoms with Gasteiger partial charge in [-0.15, -0.1) is 0 Å². The van der Waals surface area contributed by atoms with Crippen molar-refractivity contribution in [2.24, 2.45) is 0 Å². The fourth-order valence-electron chi connectivity index (χ4n) is 2.93. The summed E-state index contributed by atoms with van der Waals surface area (Å²) in [5, 5.41) is 7.47. The second-order valence-corrected chi connectivity index (χ2v) is 7.62. The molecule has 1 fully saturated rings. The molecule has 0 aromatic carbocycles. The highest BCUT2D eigenvalue weighted by molar-refractivity contribution is 5.52. The van der Waals surface area contributed by atoms with Crippen LogP contribution in [0.4, 0.5) is 0 Å². The van der Waals surface area contributed by atoms with E-state index in [0.717, 1.165) is 31.7 Å². The highest BCUT2D eigenvalue weighted by Gasteiger charge is 2.21. The fourth-order valence-corrected chi connectivity index (χ4v) is 2.93. The molecule has 0 unspecified atom stereocenters. The van der Waals surface area contributed by atoms with Crippen LogP contribution in [0, 0.1) is 0 Å². The number of piperidine rings is 1. The van der Waals surface area contributed by atoms with Crippen LogP contribution in [0.15, 0.2) is 29.0 Å². The van der Waals surface area contributed by atoms with E-state index in [2.05, 4.69) is 37.0 Å². The molecule has 8 heteroatoms. The predicted octanol–water partition coefficient (Wildman–Crippen LogP) is 2.66. The molecule has 0 bridgehead atoms. The van der Waals surface area contributed by atoms with Gasteiger partial charge in [0.1, 0.15) is 5.60 Å². The van der Waals surface area contributed by atoms with Crippen LogP contribution in [0.2, 0.25) is 0 Å². The number of carbonyl (C=O) groups is 1. The van der Waals surface area contributed by atoms with Crippen LogP contribution < -0.4 is 5.32 Å².